The van der Waals surface area contributed by atoms with E-state index >= 15 is 0 Å². The molecule has 116 valence electrons. The average Bonchev–Trinajstić information content (AvgIpc) is 2.52. The van der Waals surface area contributed by atoms with Gasteiger partial charge in [-0.05, 0) is 42.1 Å². The number of aromatic nitrogens is 1. The number of thioether (sulfide) groups is 2. The second-order valence-electron chi connectivity index (χ2n) is 4.31. The number of rotatable bonds is 7. The zero-order valence-electron chi connectivity index (χ0n) is 11.7. The molecule has 1 aromatic heterocycles. The summed E-state index contributed by atoms with van der Waals surface area (Å²) >= 11 is 8.70. The van der Waals surface area contributed by atoms with E-state index in [1.807, 2.05) is 24.3 Å². The third-order valence-corrected chi connectivity index (χ3v) is 4.93. The Morgan fingerprint density at radius 3 is 2.68 bits per heavy atom. The van der Waals surface area contributed by atoms with E-state index in [0.717, 1.165) is 15.4 Å². The highest BCUT2D eigenvalue weighted by Crippen LogP contribution is 2.19. The molecule has 0 radical (unpaired) electrons. The zero-order chi connectivity index (χ0) is 15.8. The maximum Gasteiger partial charge on any atom is 0.251 e. The van der Waals surface area contributed by atoms with Crippen molar-refractivity contribution in [3.05, 3.63) is 58.9 Å². The standard InChI is InChI=1S/C15H15ClN2O2S2/c16-12-4-6-13(7-5-12)21-10-8-17-14(19)11-22-15-3-1-2-9-18(15)20/h1-7,9H,8,10-11H2,(H,17,19). The molecular weight excluding hydrogens is 340 g/mol. The van der Waals surface area contributed by atoms with Crippen LogP contribution in [0.25, 0.3) is 0 Å². The van der Waals surface area contributed by atoms with Crippen LogP contribution in [0.15, 0.2) is 58.6 Å². The molecule has 0 saturated heterocycles. The lowest BCUT2D eigenvalue weighted by Gasteiger charge is -2.05. The van der Waals surface area contributed by atoms with Gasteiger partial charge in [0.1, 0.15) is 0 Å². The van der Waals surface area contributed by atoms with Crippen molar-refractivity contribution in [1.29, 1.82) is 0 Å². The molecule has 0 spiro atoms. The fourth-order valence-corrected chi connectivity index (χ4v) is 3.24. The smallest absolute Gasteiger partial charge is 0.251 e. The maximum absolute atomic E-state index is 11.7. The minimum atomic E-state index is -0.0782. The summed E-state index contributed by atoms with van der Waals surface area (Å²) in [7, 11) is 0. The number of hydrogen-bond acceptors (Lipinski definition) is 4. The summed E-state index contributed by atoms with van der Waals surface area (Å²) in [5.74, 6) is 0.938. The summed E-state index contributed by atoms with van der Waals surface area (Å²) in [6, 6.07) is 12.7. The first-order valence-corrected chi connectivity index (χ1v) is 8.96. The van der Waals surface area contributed by atoms with Gasteiger partial charge in [-0.15, -0.1) is 11.8 Å². The van der Waals surface area contributed by atoms with Crippen LogP contribution in [-0.4, -0.2) is 24.0 Å². The van der Waals surface area contributed by atoms with Crippen LogP contribution in [0.2, 0.25) is 5.02 Å². The van der Waals surface area contributed by atoms with Crippen molar-refractivity contribution in [3.8, 4) is 0 Å². The summed E-state index contributed by atoms with van der Waals surface area (Å²) in [5, 5.41) is 15.5. The van der Waals surface area contributed by atoms with Gasteiger partial charge in [-0.1, -0.05) is 11.6 Å². The number of nitrogens with zero attached hydrogens (tertiary/aromatic N) is 1. The largest absolute Gasteiger partial charge is 0.618 e. The van der Waals surface area contributed by atoms with E-state index in [4.69, 9.17) is 11.6 Å². The second-order valence-corrected chi connectivity index (χ2v) is 6.91. The number of benzene rings is 1. The lowest BCUT2D eigenvalue weighted by molar-refractivity contribution is -0.645. The summed E-state index contributed by atoms with van der Waals surface area (Å²) in [6.45, 7) is 0.582. The van der Waals surface area contributed by atoms with Gasteiger partial charge in [-0.3, -0.25) is 4.79 Å². The molecule has 0 bridgehead atoms. The number of nitrogens with one attached hydrogen (secondary N) is 1. The third-order valence-electron chi connectivity index (χ3n) is 2.65. The monoisotopic (exact) mass is 354 g/mol. The van der Waals surface area contributed by atoms with Gasteiger partial charge >= 0.3 is 0 Å². The van der Waals surface area contributed by atoms with Crippen LogP contribution in [0.1, 0.15) is 0 Å². The molecule has 0 atom stereocenters. The van der Waals surface area contributed by atoms with Crippen molar-refractivity contribution >= 4 is 41.0 Å². The molecule has 4 nitrogen and oxygen atoms in total. The number of carbonyl (C=O) groups excluding carboxylic acids is 1. The molecule has 2 aromatic rings. The number of amides is 1. The molecular formula is C15H15ClN2O2S2. The Balaban J connectivity index is 1.64. The van der Waals surface area contributed by atoms with Crippen LogP contribution >= 0.6 is 35.1 Å². The molecule has 1 aromatic carbocycles. The molecule has 1 amide bonds. The van der Waals surface area contributed by atoms with Gasteiger partial charge < -0.3 is 10.5 Å². The number of halogens is 1. The number of hydrogen-bond donors (Lipinski definition) is 1. The summed E-state index contributed by atoms with van der Waals surface area (Å²) in [6.07, 6.45) is 1.42. The molecule has 0 fully saturated rings. The van der Waals surface area contributed by atoms with Gasteiger partial charge in [0.15, 0.2) is 6.20 Å². The van der Waals surface area contributed by atoms with Crippen molar-refractivity contribution in [2.75, 3.05) is 18.1 Å². The Kier molecular flexibility index (Phi) is 6.89. The first-order valence-electron chi connectivity index (χ1n) is 6.61. The van der Waals surface area contributed by atoms with Gasteiger partial charge in [-0.25, -0.2) is 0 Å². The Hall–Kier alpha value is -1.37. The van der Waals surface area contributed by atoms with Crippen LogP contribution in [-0.2, 0) is 4.79 Å². The zero-order valence-corrected chi connectivity index (χ0v) is 14.1. The Morgan fingerprint density at radius 2 is 1.95 bits per heavy atom. The van der Waals surface area contributed by atoms with Crippen LogP contribution in [0, 0.1) is 5.21 Å². The van der Waals surface area contributed by atoms with E-state index in [-0.39, 0.29) is 11.7 Å². The molecule has 1 N–H and O–H groups in total. The number of pyridine rings is 1. The Morgan fingerprint density at radius 1 is 1.18 bits per heavy atom. The van der Waals surface area contributed by atoms with Crippen LogP contribution in [0.3, 0.4) is 0 Å². The SMILES string of the molecule is O=C(CSc1cccc[n+]1[O-])NCCSc1ccc(Cl)cc1. The molecule has 2 rings (SSSR count). The number of carbonyl (C=O) groups is 1. The van der Waals surface area contributed by atoms with E-state index in [1.54, 1.807) is 30.0 Å². The quantitative estimate of drug-likeness (QED) is 0.359. The average molecular weight is 355 g/mol. The molecule has 22 heavy (non-hydrogen) atoms. The normalized spacial score (nSPS) is 10.4. The molecule has 1 heterocycles. The molecule has 0 aliphatic rings. The van der Waals surface area contributed by atoms with E-state index in [2.05, 4.69) is 5.32 Å². The maximum atomic E-state index is 11.7. The van der Waals surface area contributed by atoms with Crippen molar-refractivity contribution in [2.45, 2.75) is 9.92 Å². The van der Waals surface area contributed by atoms with Gasteiger partial charge in [0, 0.05) is 34.3 Å². The molecule has 0 unspecified atom stereocenters. The van der Waals surface area contributed by atoms with Crippen LogP contribution < -0.4 is 10.0 Å². The van der Waals surface area contributed by atoms with Gasteiger partial charge in [0.25, 0.3) is 5.03 Å². The van der Waals surface area contributed by atoms with Gasteiger partial charge in [0.2, 0.25) is 5.91 Å². The summed E-state index contributed by atoms with van der Waals surface area (Å²) in [5.41, 5.74) is 0. The van der Waals surface area contributed by atoms with Gasteiger partial charge in [-0.2, -0.15) is 4.73 Å². The molecule has 0 aliphatic heterocycles. The predicted octanol–water partition coefficient (Wildman–Crippen LogP) is 2.97. The minimum absolute atomic E-state index is 0.0782. The van der Waals surface area contributed by atoms with E-state index < -0.39 is 0 Å². The minimum Gasteiger partial charge on any atom is -0.618 e. The fraction of sp³-hybridized carbons (Fsp3) is 0.200. The third kappa shape index (κ3) is 5.79. The highest BCUT2D eigenvalue weighted by atomic mass is 35.5. The Bertz CT molecular complexity index is 623. The van der Waals surface area contributed by atoms with Crippen molar-refractivity contribution in [2.24, 2.45) is 0 Å². The predicted molar refractivity (Wildman–Crippen MR) is 91.3 cm³/mol. The fourth-order valence-electron chi connectivity index (χ4n) is 1.61. The molecule has 0 saturated carbocycles. The summed E-state index contributed by atoms with van der Waals surface area (Å²) < 4.78 is 0.758. The first kappa shape index (κ1) is 17.0. The van der Waals surface area contributed by atoms with Crippen molar-refractivity contribution in [1.82, 2.24) is 5.32 Å². The van der Waals surface area contributed by atoms with Gasteiger partial charge in [0.05, 0.1) is 5.75 Å². The second kappa shape index (κ2) is 8.92. The van der Waals surface area contributed by atoms with E-state index in [0.29, 0.717) is 16.6 Å². The van der Waals surface area contributed by atoms with Crippen LogP contribution in [0.4, 0.5) is 0 Å². The first-order chi connectivity index (χ1) is 10.6. The molecule has 7 heteroatoms. The lowest BCUT2D eigenvalue weighted by atomic mass is 10.4. The molecule has 0 aliphatic carbocycles. The van der Waals surface area contributed by atoms with Crippen LogP contribution in [0.5, 0.6) is 0 Å². The van der Waals surface area contributed by atoms with E-state index in [9.17, 15) is 10.0 Å². The van der Waals surface area contributed by atoms with Crippen molar-refractivity contribution in [3.63, 3.8) is 0 Å². The highest BCUT2D eigenvalue weighted by molar-refractivity contribution is 7.99. The highest BCUT2D eigenvalue weighted by Gasteiger charge is 2.08. The summed E-state index contributed by atoms with van der Waals surface area (Å²) in [4.78, 5) is 12.8. The van der Waals surface area contributed by atoms with E-state index in [1.165, 1.54) is 18.0 Å². The lowest BCUT2D eigenvalue weighted by Crippen LogP contribution is -2.30. The van der Waals surface area contributed by atoms with Crippen molar-refractivity contribution < 1.29 is 9.52 Å². The topological polar surface area (TPSA) is 56.0 Å². The Labute approximate surface area is 142 Å².